The summed E-state index contributed by atoms with van der Waals surface area (Å²) in [4.78, 5) is 65.8. The Morgan fingerprint density at radius 3 is 2.22 bits per heavy atom. The predicted octanol–water partition coefficient (Wildman–Crippen LogP) is 0.787. The normalized spacial score (nSPS) is 10.6. The summed E-state index contributed by atoms with van der Waals surface area (Å²) in [5.74, 6) is -1.62. The summed E-state index contributed by atoms with van der Waals surface area (Å²) in [6.45, 7) is 2.41. The second-order valence-electron chi connectivity index (χ2n) is 7.04. The van der Waals surface area contributed by atoms with Crippen LogP contribution in [0.5, 0.6) is 0 Å². The Morgan fingerprint density at radius 2 is 1.66 bits per heavy atom. The van der Waals surface area contributed by atoms with Crippen LogP contribution in [-0.4, -0.2) is 39.0 Å². The van der Waals surface area contributed by atoms with E-state index in [0.29, 0.717) is 17.1 Å². The van der Waals surface area contributed by atoms with Gasteiger partial charge in [0.1, 0.15) is 12.2 Å². The molecule has 0 fully saturated rings. The number of fused-ring (bicyclic) bond motifs is 1. The fourth-order valence-corrected chi connectivity index (χ4v) is 3.20. The molecule has 0 atom stereocenters. The van der Waals surface area contributed by atoms with E-state index in [1.165, 1.54) is 27.1 Å². The van der Waals surface area contributed by atoms with E-state index < -0.39 is 29.7 Å². The third-order valence-electron chi connectivity index (χ3n) is 4.62. The zero-order valence-corrected chi connectivity index (χ0v) is 17.9. The highest BCUT2D eigenvalue weighted by Gasteiger charge is 2.21. The number of carbonyl (C=O) groups excluding carboxylic acids is 3. The molecule has 1 aromatic carbocycles. The molecule has 0 aliphatic heterocycles. The molecule has 11 heteroatoms. The summed E-state index contributed by atoms with van der Waals surface area (Å²) in [6.07, 6.45) is 0. The van der Waals surface area contributed by atoms with Crippen LogP contribution in [0.1, 0.15) is 23.0 Å². The third kappa shape index (κ3) is 4.41. The first-order chi connectivity index (χ1) is 15.1. The first kappa shape index (κ1) is 22.4. The van der Waals surface area contributed by atoms with Gasteiger partial charge in [0.2, 0.25) is 11.8 Å². The number of ether oxygens (including phenoxy) is 1. The number of carbonyl (C=O) groups is 3. The van der Waals surface area contributed by atoms with Crippen LogP contribution in [0, 0.1) is 6.92 Å². The lowest BCUT2D eigenvalue weighted by atomic mass is 10.1. The van der Waals surface area contributed by atoms with Gasteiger partial charge in [0.05, 0.1) is 18.1 Å². The Hall–Kier alpha value is -4.28. The van der Waals surface area contributed by atoms with Crippen LogP contribution in [0.25, 0.3) is 11.0 Å². The molecule has 2 amide bonds. The van der Waals surface area contributed by atoms with Crippen molar-refractivity contribution in [3.63, 3.8) is 0 Å². The molecule has 0 unspecified atom stereocenters. The minimum atomic E-state index is -0.827. The monoisotopic (exact) mass is 439 g/mol. The van der Waals surface area contributed by atoms with Crippen LogP contribution in [0.4, 0.5) is 11.4 Å². The zero-order chi connectivity index (χ0) is 23.6. The lowest BCUT2D eigenvalue weighted by Crippen LogP contribution is -2.42. The number of amides is 2. The van der Waals surface area contributed by atoms with E-state index in [1.807, 2.05) is 0 Å². The number of esters is 1. The van der Waals surface area contributed by atoms with Gasteiger partial charge >= 0.3 is 11.7 Å². The van der Waals surface area contributed by atoms with E-state index in [-0.39, 0.29) is 22.5 Å². The Kier molecular flexibility index (Phi) is 6.19. The zero-order valence-electron chi connectivity index (χ0n) is 17.9. The van der Waals surface area contributed by atoms with Gasteiger partial charge in [-0.05, 0) is 37.3 Å². The van der Waals surface area contributed by atoms with Crippen molar-refractivity contribution < 1.29 is 19.1 Å². The van der Waals surface area contributed by atoms with Gasteiger partial charge in [-0.1, -0.05) is 0 Å². The summed E-state index contributed by atoms with van der Waals surface area (Å²) >= 11 is 0. The summed E-state index contributed by atoms with van der Waals surface area (Å²) in [6, 6.07) is 7.70. The van der Waals surface area contributed by atoms with Crippen LogP contribution in [0.3, 0.4) is 0 Å². The van der Waals surface area contributed by atoms with Crippen molar-refractivity contribution in [3.05, 3.63) is 62.4 Å². The van der Waals surface area contributed by atoms with E-state index in [4.69, 9.17) is 4.74 Å². The van der Waals surface area contributed by atoms with Crippen molar-refractivity contribution in [1.29, 1.82) is 0 Å². The number of nitrogens with one attached hydrogen (secondary N) is 2. The van der Waals surface area contributed by atoms with Crippen molar-refractivity contribution in [2.24, 2.45) is 7.05 Å². The van der Waals surface area contributed by atoms with Crippen LogP contribution in [0.2, 0.25) is 0 Å². The molecule has 3 aromatic rings. The third-order valence-corrected chi connectivity index (χ3v) is 4.62. The summed E-state index contributed by atoms with van der Waals surface area (Å²) in [5, 5.41) is 5.07. The summed E-state index contributed by atoms with van der Waals surface area (Å²) in [5.41, 5.74) is -0.232. The quantitative estimate of drug-likeness (QED) is 0.560. The minimum Gasteiger partial charge on any atom is -0.465 e. The average Bonchev–Trinajstić information content (AvgIpc) is 2.75. The van der Waals surface area contributed by atoms with E-state index >= 15 is 0 Å². The van der Waals surface area contributed by atoms with Crippen LogP contribution < -0.4 is 21.9 Å². The van der Waals surface area contributed by atoms with Crippen LogP contribution >= 0.6 is 0 Å². The largest absolute Gasteiger partial charge is 0.465 e. The van der Waals surface area contributed by atoms with Crippen LogP contribution in [-0.2, 0) is 27.9 Å². The van der Waals surface area contributed by atoms with Crippen molar-refractivity contribution in [1.82, 2.24) is 14.1 Å². The highest BCUT2D eigenvalue weighted by Crippen LogP contribution is 2.15. The van der Waals surface area contributed by atoms with Gasteiger partial charge in [0, 0.05) is 31.0 Å². The molecule has 2 N–H and O–H groups in total. The number of aromatic nitrogens is 3. The Bertz CT molecular complexity index is 1350. The number of rotatable bonds is 5. The molecule has 3 rings (SSSR count). The average molecular weight is 439 g/mol. The molecule has 2 heterocycles. The van der Waals surface area contributed by atoms with E-state index in [1.54, 1.807) is 31.2 Å². The first-order valence-electron chi connectivity index (χ1n) is 9.49. The molecule has 0 aliphatic rings. The second kappa shape index (κ2) is 8.84. The number of pyridine rings is 1. The summed E-state index contributed by atoms with van der Waals surface area (Å²) in [7, 11) is 2.57. The minimum absolute atomic E-state index is 0.0191. The lowest BCUT2D eigenvalue weighted by Gasteiger charge is -2.13. The van der Waals surface area contributed by atoms with Crippen molar-refractivity contribution in [3.8, 4) is 0 Å². The molecular weight excluding hydrogens is 418 g/mol. The van der Waals surface area contributed by atoms with Gasteiger partial charge in [-0.2, -0.15) is 0 Å². The van der Waals surface area contributed by atoms with Gasteiger partial charge in [-0.15, -0.1) is 0 Å². The number of nitrogens with zero attached hydrogens (tertiary/aromatic N) is 3. The molecule has 11 nitrogen and oxygen atoms in total. The fourth-order valence-electron chi connectivity index (χ4n) is 3.20. The molecule has 0 radical (unpaired) electrons. The molecule has 32 heavy (non-hydrogen) atoms. The number of methoxy groups -OCH3 is 1. The topological polar surface area (TPSA) is 141 Å². The Labute approximate surface area is 181 Å². The van der Waals surface area contributed by atoms with Gasteiger partial charge in [-0.3, -0.25) is 23.5 Å². The summed E-state index contributed by atoms with van der Waals surface area (Å²) < 4.78 is 6.58. The van der Waals surface area contributed by atoms with Gasteiger partial charge in [0.25, 0.3) is 5.56 Å². The van der Waals surface area contributed by atoms with E-state index in [2.05, 4.69) is 15.6 Å². The molecular formula is C21H21N5O6. The Balaban J connectivity index is 1.98. The van der Waals surface area contributed by atoms with Gasteiger partial charge in [-0.25, -0.2) is 14.6 Å². The molecule has 0 saturated heterocycles. The first-order valence-corrected chi connectivity index (χ1v) is 9.49. The predicted molar refractivity (Wildman–Crippen MR) is 117 cm³/mol. The molecule has 0 bridgehead atoms. The molecule has 0 spiro atoms. The maximum Gasteiger partial charge on any atom is 0.338 e. The fraction of sp³-hybridized carbons (Fsp3) is 0.238. The lowest BCUT2D eigenvalue weighted by molar-refractivity contribution is -0.117. The van der Waals surface area contributed by atoms with Gasteiger partial charge in [0.15, 0.2) is 0 Å². The molecule has 0 saturated carbocycles. The maximum atomic E-state index is 13.1. The maximum absolute atomic E-state index is 13.1. The molecule has 166 valence electrons. The standard InChI is InChI=1S/C21H21N5O6/c1-11-9-15(20(30)32-4)17-18(22-11)25(3)21(31)26(19(17)29)10-16(28)24-14-7-5-13(6-8-14)23-12(2)27/h5-9H,10H2,1-4H3,(H,23,27)(H,24,28). The van der Waals surface area contributed by atoms with Crippen molar-refractivity contribution in [2.75, 3.05) is 17.7 Å². The smallest absolute Gasteiger partial charge is 0.338 e. The number of hydrogen-bond donors (Lipinski definition) is 2. The SMILES string of the molecule is COC(=O)c1cc(C)nc2c1c(=O)n(CC(=O)Nc1ccc(NC(C)=O)cc1)c(=O)n2C. The highest BCUT2D eigenvalue weighted by atomic mass is 16.5. The van der Waals surface area contributed by atoms with E-state index in [0.717, 1.165) is 9.13 Å². The van der Waals surface area contributed by atoms with Crippen molar-refractivity contribution in [2.45, 2.75) is 20.4 Å². The van der Waals surface area contributed by atoms with Crippen molar-refractivity contribution >= 4 is 40.2 Å². The van der Waals surface area contributed by atoms with E-state index in [9.17, 15) is 24.0 Å². The molecule has 0 aliphatic carbocycles. The number of benzene rings is 1. The highest BCUT2D eigenvalue weighted by molar-refractivity contribution is 6.02. The number of aryl methyl sites for hydroxylation is 2. The Morgan fingerprint density at radius 1 is 1.06 bits per heavy atom. The van der Waals surface area contributed by atoms with Gasteiger partial charge < -0.3 is 15.4 Å². The second-order valence-corrected chi connectivity index (χ2v) is 7.04. The van der Waals surface area contributed by atoms with Crippen LogP contribution in [0.15, 0.2) is 39.9 Å². The molecule has 2 aromatic heterocycles. The number of anilines is 2. The number of hydrogen-bond acceptors (Lipinski definition) is 7.